The van der Waals surface area contributed by atoms with Crippen LogP contribution in [0.4, 0.5) is 9.18 Å². The van der Waals surface area contributed by atoms with Gasteiger partial charge in [0.2, 0.25) is 11.8 Å². The summed E-state index contributed by atoms with van der Waals surface area (Å²) in [5, 5.41) is 2.82. The molecule has 1 unspecified atom stereocenters. The largest absolute Gasteiger partial charge is 0.481 e. The summed E-state index contributed by atoms with van der Waals surface area (Å²) in [4.78, 5) is 31.0. The van der Waals surface area contributed by atoms with Gasteiger partial charge < -0.3 is 14.8 Å². The molecule has 3 rings (SSSR count). The lowest BCUT2D eigenvalue weighted by Gasteiger charge is -2.24. The zero-order valence-corrected chi connectivity index (χ0v) is 18.6. The van der Waals surface area contributed by atoms with Gasteiger partial charge in [-0.3, -0.25) is 9.69 Å². The molecular weight excluding hydrogens is 401 g/mol. The number of hydrogen-bond acceptors (Lipinski definition) is 5. The van der Waals surface area contributed by atoms with E-state index in [0.29, 0.717) is 36.7 Å². The van der Waals surface area contributed by atoms with Gasteiger partial charge in [-0.1, -0.05) is 32.6 Å². The zero-order chi connectivity index (χ0) is 22.2. The van der Waals surface area contributed by atoms with Gasteiger partial charge in [0, 0.05) is 24.6 Å². The van der Waals surface area contributed by atoms with Gasteiger partial charge in [0.25, 0.3) is 0 Å². The molecule has 1 aromatic rings. The van der Waals surface area contributed by atoms with Crippen LogP contribution in [0.2, 0.25) is 0 Å². The molecule has 1 saturated heterocycles. The highest BCUT2D eigenvalue weighted by atomic mass is 19.1. The standard InChI is InChI=1S/C23H34FN3O4/c1-3-4-13-31-23(29)27-12-8-11-19(27)21(28)25-15-17-14-18(24)20(26-22(17)30-2)16-9-6-5-7-10-16/h14,16,19H,3-13,15H2,1-2H3,(H,25,28). The molecule has 2 heterocycles. The van der Waals surface area contributed by atoms with Gasteiger partial charge in [0.15, 0.2) is 0 Å². The quantitative estimate of drug-likeness (QED) is 0.616. The maximum Gasteiger partial charge on any atom is 0.410 e. The van der Waals surface area contributed by atoms with Crippen LogP contribution < -0.4 is 10.1 Å². The minimum absolute atomic E-state index is 0.0894. The first-order valence-electron chi connectivity index (χ1n) is 11.5. The van der Waals surface area contributed by atoms with Crippen molar-refractivity contribution >= 4 is 12.0 Å². The van der Waals surface area contributed by atoms with Crippen LogP contribution in [0.3, 0.4) is 0 Å². The molecule has 0 radical (unpaired) electrons. The molecule has 31 heavy (non-hydrogen) atoms. The Balaban J connectivity index is 1.62. The fraction of sp³-hybridized carbons (Fsp3) is 0.696. The lowest BCUT2D eigenvalue weighted by atomic mass is 9.86. The molecule has 0 bridgehead atoms. The summed E-state index contributed by atoms with van der Waals surface area (Å²) < 4.78 is 25.4. The van der Waals surface area contributed by atoms with Crippen LogP contribution in [0.5, 0.6) is 5.88 Å². The second kappa shape index (κ2) is 11.3. The van der Waals surface area contributed by atoms with Crippen molar-refractivity contribution in [3.8, 4) is 5.88 Å². The van der Waals surface area contributed by atoms with Crippen molar-refractivity contribution in [1.82, 2.24) is 15.2 Å². The third kappa shape index (κ3) is 5.86. The van der Waals surface area contributed by atoms with Crippen molar-refractivity contribution in [2.75, 3.05) is 20.3 Å². The fourth-order valence-electron chi connectivity index (χ4n) is 4.43. The van der Waals surface area contributed by atoms with Crippen molar-refractivity contribution < 1.29 is 23.5 Å². The lowest BCUT2D eigenvalue weighted by molar-refractivity contribution is -0.125. The minimum atomic E-state index is -0.570. The Kier molecular flexibility index (Phi) is 8.49. The van der Waals surface area contributed by atoms with E-state index in [1.165, 1.54) is 24.5 Å². The van der Waals surface area contributed by atoms with Crippen LogP contribution in [-0.2, 0) is 16.1 Å². The molecule has 2 fully saturated rings. The Labute approximate surface area is 183 Å². The van der Waals surface area contributed by atoms with E-state index in [0.717, 1.165) is 44.9 Å². The van der Waals surface area contributed by atoms with Gasteiger partial charge in [0.1, 0.15) is 11.9 Å². The van der Waals surface area contributed by atoms with Gasteiger partial charge in [0.05, 0.1) is 19.4 Å². The number of ether oxygens (including phenoxy) is 2. The number of carbonyl (C=O) groups excluding carboxylic acids is 2. The van der Waals surface area contributed by atoms with E-state index in [-0.39, 0.29) is 24.2 Å². The predicted octanol–water partition coefficient (Wildman–Crippen LogP) is 4.29. The molecule has 2 amide bonds. The highest BCUT2D eigenvalue weighted by Gasteiger charge is 2.35. The van der Waals surface area contributed by atoms with Crippen LogP contribution in [0.1, 0.15) is 81.9 Å². The van der Waals surface area contributed by atoms with E-state index in [1.807, 2.05) is 6.92 Å². The van der Waals surface area contributed by atoms with Gasteiger partial charge >= 0.3 is 6.09 Å². The average Bonchev–Trinajstić information content (AvgIpc) is 3.28. The van der Waals surface area contributed by atoms with Crippen LogP contribution in [0.15, 0.2) is 6.07 Å². The van der Waals surface area contributed by atoms with Gasteiger partial charge in [-0.05, 0) is 38.2 Å². The van der Waals surface area contributed by atoms with Gasteiger partial charge in [-0.15, -0.1) is 0 Å². The van der Waals surface area contributed by atoms with Crippen molar-refractivity contribution in [3.63, 3.8) is 0 Å². The number of carbonyl (C=O) groups is 2. The number of amides is 2. The van der Waals surface area contributed by atoms with E-state index in [2.05, 4.69) is 10.3 Å². The van der Waals surface area contributed by atoms with E-state index in [9.17, 15) is 14.0 Å². The van der Waals surface area contributed by atoms with Crippen LogP contribution in [-0.4, -0.2) is 48.2 Å². The number of aromatic nitrogens is 1. The molecule has 1 aliphatic heterocycles. The molecule has 7 nitrogen and oxygen atoms in total. The molecule has 1 aliphatic carbocycles. The summed E-state index contributed by atoms with van der Waals surface area (Å²) in [6.07, 6.45) is 7.85. The topological polar surface area (TPSA) is 80.8 Å². The molecule has 1 N–H and O–H groups in total. The van der Waals surface area contributed by atoms with E-state index < -0.39 is 12.1 Å². The zero-order valence-electron chi connectivity index (χ0n) is 18.6. The molecule has 8 heteroatoms. The fourth-order valence-corrected chi connectivity index (χ4v) is 4.43. The Morgan fingerprint density at radius 2 is 2.00 bits per heavy atom. The smallest absolute Gasteiger partial charge is 0.410 e. The van der Waals surface area contributed by atoms with Crippen molar-refractivity contribution in [3.05, 3.63) is 23.1 Å². The summed E-state index contributed by atoms with van der Waals surface area (Å²) in [5.74, 6) is -0.163. The number of pyridine rings is 1. The van der Waals surface area contributed by atoms with Gasteiger partial charge in [-0.2, -0.15) is 0 Å². The summed E-state index contributed by atoms with van der Waals surface area (Å²) in [6.45, 7) is 2.97. The molecule has 2 aliphatic rings. The number of halogens is 1. The van der Waals surface area contributed by atoms with Crippen LogP contribution >= 0.6 is 0 Å². The lowest BCUT2D eigenvalue weighted by Crippen LogP contribution is -2.46. The summed E-state index contributed by atoms with van der Waals surface area (Å²) in [5.41, 5.74) is 0.950. The van der Waals surface area contributed by atoms with E-state index in [1.54, 1.807) is 0 Å². The Morgan fingerprint density at radius 3 is 2.71 bits per heavy atom. The SMILES string of the molecule is CCCCOC(=O)N1CCCC1C(=O)NCc1cc(F)c(C2CCCCC2)nc1OC. The highest BCUT2D eigenvalue weighted by molar-refractivity contribution is 5.86. The van der Waals surface area contributed by atoms with E-state index in [4.69, 9.17) is 9.47 Å². The molecule has 0 spiro atoms. The van der Waals surface area contributed by atoms with Crippen molar-refractivity contribution in [2.45, 2.75) is 83.2 Å². The molecular formula is C23H34FN3O4. The average molecular weight is 436 g/mol. The monoisotopic (exact) mass is 435 g/mol. The maximum atomic E-state index is 14.8. The summed E-state index contributed by atoms with van der Waals surface area (Å²) in [6, 6.07) is 0.848. The number of unbranched alkanes of at least 4 members (excludes halogenated alkanes) is 1. The molecule has 1 atom stereocenters. The minimum Gasteiger partial charge on any atom is -0.481 e. The first kappa shape index (κ1) is 23.3. The first-order chi connectivity index (χ1) is 15.0. The second-order valence-corrected chi connectivity index (χ2v) is 8.40. The van der Waals surface area contributed by atoms with Crippen LogP contribution in [0, 0.1) is 5.82 Å². The Morgan fingerprint density at radius 1 is 1.23 bits per heavy atom. The Hall–Kier alpha value is -2.38. The van der Waals surface area contributed by atoms with Crippen molar-refractivity contribution in [2.24, 2.45) is 0 Å². The summed E-state index contributed by atoms with van der Waals surface area (Å²) >= 11 is 0. The number of likely N-dealkylation sites (tertiary alicyclic amines) is 1. The predicted molar refractivity (Wildman–Crippen MR) is 114 cm³/mol. The number of nitrogens with one attached hydrogen (secondary N) is 1. The molecule has 172 valence electrons. The number of methoxy groups -OCH3 is 1. The van der Waals surface area contributed by atoms with Crippen molar-refractivity contribution in [1.29, 1.82) is 0 Å². The number of nitrogens with zero attached hydrogens (tertiary/aromatic N) is 2. The molecule has 0 aromatic carbocycles. The molecule has 1 saturated carbocycles. The normalized spacial score (nSPS) is 19.3. The highest BCUT2D eigenvalue weighted by Crippen LogP contribution is 2.34. The third-order valence-corrected chi connectivity index (χ3v) is 6.19. The number of hydrogen-bond donors (Lipinski definition) is 1. The van der Waals surface area contributed by atoms with Crippen LogP contribution in [0.25, 0.3) is 0 Å². The third-order valence-electron chi connectivity index (χ3n) is 6.19. The summed E-state index contributed by atoms with van der Waals surface area (Å²) in [7, 11) is 1.50. The molecule has 1 aromatic heterocycles. The van der Waals surface area contributed by atoms with E-state index >= 15 is 0 Å². The Bertz CT molecular complexity index is 767. The van der Waals surface area contributed by atoms with Gasteiger partial charge in [-0.25, -0.2) is 14.2 Å². The maximum absolute atomic E-state index is 14.8. The first-order valence-corrected chi connectivity index (χ1v) is 11.5. The second-order valence-electron chi connectivity index (χ2n) is 8.40. The number of rotatable bonds is 8.